The van der Waals surface area contributed by atoms with Crippen LogP contribution in [0.4, 0.5) is 4.79 Å². The van der Waals surface area contributed by atoms with Gasteiger partial charge in [0, 0.05) is 13.0 Å². The van der Waals surface area contributed by atoms with Crippen LogP contribution in [0.5, 0.6) is 0 Å². The average molecular weight is 391 g/mol. The molecule has 1 aromatic carbocycles. The van der Waals surface area contributed by atoms with Crippen LogP contribution in [0.2, 0.25) is 0 Å². The zero-order valence-electron chi connectivity index (χ0n) is 15.8. The topological polar surface area (TPSA) is 128 Å². The number of amides is 3. The predicted octanol–water partition coefficient (Wildman–Crippen LogP) is 0.711. The van der Waals surface area contributed by atoms with Crippen LogP contribution in [-0.4, -0.2) is 54.5 Å². The molecule has 1 aliphatic rings. The number of nitrogens with one attached hydrogen (secondary N) is 1. The molecule has 0 spiro atoms. The Morgan fingerprint density at radius 3 is 2.61 bits per heavy atom. The second-order valence-corrected chi connectivity index (χ2v) is 6.47. The SMILES string of the molecule is COC(=O)CC[C@H](NC(=O)[C@H]1CCCN1C(=O)OCc1ccccc1)C(N)=O. The van der Waals surface area contributed by atoms with E-state index >= 15 is 0 Å². The van der Waals surface area contributed by atoms with Crippen LogP contribution >= 0.6 is 0 Å². The smallest absolute Gasteiger partial charge is 0.410 e. The summed E-state index contributed by atoms with van der Waals surface area (Å²) in [7, 11) is 1.23. The lowest BCUT2D eigenvalue weighted by Crippen LogP contribution is -2.52. The van der Waals surface area contributed by atoms with E-state index in [1.165, 1.54) is 12.0 Å². The summed E-state index contributed by atoms with van der Waals surface area (Å²) in [5, 5.41) is 2.53. The molecule has 3 N–H and O–H groups in total. The number of ether oxygens (including phenoxy) is 2. The number of nitrogens with two attached hydrogens (primary N) is 1. The van der Waals surface area contributed by atoms with Gasteiger partial charge in [-0.25, -0.2) is 4.79 Å². The molecule has 28 heavy (non-hydrogen) atoms. The van der Waals surface area contributed by atoms with E-state index in [0.717, 1.165) is 5.56 Å². The van der Waals surface area contributed by atoms with E-state index in [1.54, 1.807) is 0 Å². The largest absolute Gasteiger partial charge is 0.469 e. The van der Waals surface area contributed by atoms with E-state index in [-0.39, 0.29) is 19.4 Å². The molecule has 152 valence electrons. The Kier molecular flexibility index (Phi) is 7.79. The summed E-state index contributed by atoms with van der Waals surface area (Å²) in [6, 6.07) is 7.45. The molecule has 3 amide bonds. The van der Waals surface area contributed by atoms with Crippen LogP contribution in [0.25, 0.3) is 0 Å². The Bertz CT molecular complexity index is 709. The zero-order valence-corrected chi connectivity index (χ0v) is 15.8. The minimum Gasteiger partial charge on any atom is -0.469 e. The van der Waals surface area contributed by atoms with Gasteiger partial charge in [-0.1, -0.05) is 30.3 Å². The molecule has 1 aliphatic heterocycles. The van der Waals surface area contributed by atoms with E-state index < -0.39 is 36.0 Å². The summed E-state index contributed by atoms with van der Waals surface area (Å²) >= 11 is 0. The number of primary amides is 1. The van der Waals surface area contributed by atoms with Crippen molar-refractivity contribution in [1.29, 1.82) is 0 Å². The highest BCUT2D eigenvalue weighted by molar-refractivity contribution is 5.91. The molecule has 1 saturated heterocycles. The minimum absolute atomic E-state index is 0.0267. The van der Waals surface area contributed by atoms with E-state index in [0.29, 0.717) is 19.4 Å². The van der Waals surface area contributed by atoms with Crippen molar-refractivity contribution in [1.82, 2.24) is 10.2 Å². The summed E-state index contributed by atoms with van der Waals surface area (Å²) in [5.41, 5.74) is 6.15. The molecule has 2 atom stereocenters. The van der Waals surface area contributed by atoms with Gasteiger partial charge in [-0.15, -0.1) is 0 Å². The maximum absolute atomic E-state index is 12.6. The Hall–Kier alpha value is -3.10. The monoisotopic (exact) mass is 391 g/mol. The molecule has 0 unspecified atom stereocenters. The summed E-state index contributed by atoms with van der Waals surface area (Å²) in [4.78, 5) is 49.1. The summed E-state index contributed by atoms with van der Waals surface area (Å²) < 4.78 is 9.82. The number of hydrogen-bond donors (Lipinski definition) is 2. The van der Waals surface area contributed by atoms with E-state index in [9.17, 15) is 19.2 Å². The molecule has 1 aromatic rings. The summed E-state index contributed by atoms with van der Waals surface area (Å²) in [5.74, 6) is -1.76. The van der Waals surface area contributed by atoms with Gasteiger partial charge in [0.1, 0.15) is 18.7 Å². The number of esters is 1. The molecule has 0 saturated carbocycles. The number of rotatable bonds is 8. The number of nitrogens with zero attached hydrogens (tertiary/aromatic N) is 1. The molecular formula is C19H25N3O6. The van der Waals surface area contributed by atoms with Crippen molar-refractivity contribution in [2.24, 2.45) is 5.73 Å². The maximum Gasteiger partial charge on any atom is 0.410 e. The zero-order chi connectivity index (χ0) is 20.5. The van der Waals surface area contributed by atoms with Gasteiger partial charge in [-0.05, 0) is 24.8 Å². The number of methoxy groups -OCH3 is 1. The highest BCUT2D eigenvalue weighted by Crippen LogP contribution is 2.19. The quantitative estimate of drug-likeness (QED) is 0.628. The van der Waals surface area contributed by atoms with Crippen molar-refractivity contribution in [3.05, 3.63) is 35.9 Å². The lowest BCUT2D eigenvalue weighted by atomic mass is 10.1. The van der Waals surface area contributed by atoms with Crippen LogP contribution in [0, 0.1) is 0 Å². The molecule has 9 heteroatoms. The van der Waals surface area contributed by atoms with Gasteiger partial charge < -0.3 is 20.5 Å². The Labute approximate surface area is 163 Å². The van der Waals surface area contributed by atoms with E-state index in [1.807, 2.05) is 30.3 Å². The first-order valence-corrected chi connectivity index (χ1v) is 9.06. The fourth-order valence-corrected chi connectivity index (χ4v) is 2.98. The second kappa shape index (κ2) is 10.3. The van der Waals surface area contributed by atoms with E-state index in [2.05, 4.69) is 10.1 Å². The fraction of sp³-hybridized carbons (Fsp3) is 0.474. The first-order valence-electron chi connectivity index (χ1n) is 9.06. The number of benzene rings is 1. The van der Waals surface area contributed by atoms with Crippen LogP contribution in [0.15, 0.2) is 30.3 Å². The van der Waals surface area contributed by atoms with Gasteiger partial charge in [0.25, 0.3) is 0 Å². The van der Waals surface area contributed by atoms with Crippen LogP contribution in [0.3, 0.4) is 0 Å². The number of likely N-dealkylation sites (tertiary alicyclic amines) is 1. The standard InChI is InChI=1S/C19H25N3O6/c1-27-16(23)10-9-14(17(20)24)21-18(25)15-8-5-11-22(15)19(26)28-12-13-6-3-2-4-7-13/h2-4,6-7,14-15H,5,8-12H2,1H3,(H2,20,24)(H,21,25)/t14-,15+/m0/s1. The van der Waals surface area contributed by atoms with Crippen molar-refractivity contribution in [3.63, 3.8) is 0 Å². The molecule has 0 bridgehead atoms. The van der Waals surface area contributed by atoms with Crippen molar-refractivity contribution in [2.45, 2.75) is 44.4 Å². The molecule has 1 heterocycles. The summed E-state index contributed by atoms with van der Waals surface area (Å²) in [6.07, 6.45) is 0.472. The molecule has 0 radical (unpaired) electrons. The van der Waals surface area contributed by atoms with Crippen LogP contribution in [0.1, 0.15) is 31.2 Å². The molecule has 9 nitrogen and oxygen atoms in total. The Morgan fingerprint density at radius 2 is 1.96 bits per heavy atom. The Morgan fingerprint density at radius 1 is 1.25 bits per heavy atom. The van der Waals surface area contributed by atoms with Gasteiger partial charge >= 0.3 is 12.1 Å². The predicted molar refractivity (Wildman–Crippen MR) is 98.7 cm³/mol. The highest BCUT2D eigenvalue weighted by Gasteiger charge is 2.36. The van der Waals surface area contributed by atoms with Crippen molar-refractivity contribution >= 4 is 23.9 Å². The average Bonchev–Trinajstić information content (AvgIpc) is 3.19. The maximum atomic E-state index is 12.6. The van der Waals surface area contributed by atoms with Gasteiger partial charge in [0.15, 0.2) is 0 Å². The lowest BCUT2D eigenvalue weighted by Gasteiger charge is -2.25. The molecule has 1 fully saturated rings. The van der Waals surface area contributed by atoms with Gasteiger partial charge in [-0.3, -0.25) is 19.3 Å². The normalized spacial score (nSPS) is 16.9. The third-order valence-corrected chi connectivity index (χ3v) is 4.52. The molecule has 0 aliphatic carbocycles. The van der Waals surface area contributed by atoms with E-state index in [4.69, 9.17) is 10.5 Å². The van der Waals surface area contributed by atoms with Crippen molar-refractivity contribution < 1.29 is 28.7 Å². The van der Waals surface area contributed by atoms with Crippen molar-refractivity contribution in [3.8, 4) is 0 Å². The first kappa shape index (κ1) is 21.2. The number of hydrogen-bond acceptors (Lipinski definition) is 6. The number of carbonyl (C=O) groups is 4. The van der Waals surface area contributed by atoms with Gasteiger partial charge in [0.05, 0.1) is 7.11 Å². The third kappa shape index (κ3) is 5.97. The molecule has 2 rings (SSSR count). The third-order valence-electron chi connectivity index (χ3n) is 4.52. The summed E-state index contributed by atoms with van der Waals surface area (Å²) in [6.45, 7) is 0.489. The van der Waals surface area contributed by atoms with Crippen LogP contribution in [-0.2, 0) is 30.5 Å². The highest BCUT2D eigenvalue weighted by atomic mass is 16.6. The Balaban J connectivity index is 1.92. The number of carbonyl (C=O) groups excluding carboxylic acids is 4. The minimum atomic E-state index is -1.02. The molecular weight excluding hydrogens is 366 g/mol. The first-order chi connectivity index (χ1) is 13.4. The van der Waals surface area contributed by atoms with Gasteiger partial charge in [-0.2, -0.15) is 0 Å². The van der Waals surface area contributed by atoms with Gasteiger partial charge in [0.2, 0.25) is 11.8 Å². The van der Waals surface area contributed by atoms with Crippen molar-refractivity contribution in [2.75, 3.05) is 13.7 Å². The van der Waals surface area contributed by atoms with Crippen LogP contribution < -0.4 is 11.1 Å². The fourth-order valence-electron chi connectivity index (χ4n) is 2.98. The lowest BCUT2D eigenvalue weighted by molar-refractivity contribution is -0.141. The second-order valence-electron chi connectivity index (χ2n) is 6.47. The molecule has 0 aromatic heterocycles.